The zero-order valence-electron chi connectivity index (χ0n) is 38.1. The van der Waals surface area contributed by atoms with Gasteiger partial charge in [-0.15, -0.1) is 0 Å². The lowest BCUT2D eigenvalue weighted by Gasteiger charge is -2.31. The highest BCUT2D eigenvalue weighted by Crippen LogP contribution is 2.07. The average Bonchev–Trinajstić information content (AvgIpc) is 3.22. The smallest absolute Gasteiger partial charge is 0.221 e. The lowest BCUT2D eigenvalue weighted by atomic mass is 10.1. The summed E-state index contributed by atoms with van der Waals surface area (Å²) >= 11 is 0. The van der Waals surface area contributed by atoms with E-state index in [0.29, 0.717) is 156 Å². The molecule has 0 bridgehead atoms. The van der Waals surface area contributed by atoms with E-state index in [9.17, 15) is 28.8 Å². The zero-order valence-corrected chi connectivity index (χ0v) is 38.1. The summed E-state index contributed by atoms with van der Waals surface area (Å²) in [6, 6.07) is 0. The van der Waals surface area contributed by atoms with Gasteiger partial charge in [0.25, 0.3) is 0 Å². The number of carbonyl (C=O) groups excluding carboxylic acids is 6. The molecule has 0 aliphatic heterocycles. The SMILES string of the molecule is CCCCC(=O)CCN(CCC(=O)CCCC)CCN(CCC(=O)NCCC)CCN(CCC(=O)CCCC)CCN(CCC(=O)NCCC)CCC(=O)NCCC. The van der Waals surface area contributed by atoms with Crippen LogP contribution in [0, 0.1) is 0 Å². The molecule has 0 fully saturated rings. The standard InChI is InChI=1S/C45H87N7O6/c1-7-13-16-40(53)19-28-49(29-20-41(54)17-14-8-2)34-37-52(33-24-45(58)48-27-12-6)39-38-51(30-21-42(55)18-15-9-3)36-35-50(31-22-43(56)46-25-10-4)32-23-44(57)47-26-11-5/h7-39H2,1-6H3,(H,46,56)(H,47,57)(H,48,58). The van der Waals surface area contributed by atoms with Gasteiger partial charge in [-0.1, -0.05) is 60.8 Å². The molecule has 338 valence electrons. The van der Waals surface area contributed by atoms with Gasteiger partial charge in [0.05, 0.1) is 0 Å². The Morgan fingerprint density at radius 1 is 0.293 bits per heavy atom. The van der Waals surface area contributed by atoms with Crippen LogP contribution >= 0.6 is 0 Å². The number of Topliss-reactive ketones (excluding diaryl/α,β-unsaturated/α-hetero) is 3. The van der Waals surface area contributed by atoms with E-state index in [1.54, 1.807) is 0 Å². The number of unbranched alkanes of at least 4 members (excludes halogenated alkanes) is 3. The van der Waals surface area contributed by atoms with Gasteiger partial charge in [-0.05, 0) is 38.5 Å². The van der Waals surface area contributed by atoms with E-state index >= 15 is 0 Å². The molecule has 0 unspecified atom stereocenters. The number of nitrogens with one attached hydrogen (secondary N) is 3. The van der Waals surface area contributed by atoms with Crippen molar-refractivity contribution in [2.24, 2.45) is 0 Å². The minimum Gasteiger partial charge on any atom is -0.356 e. The Labute approximate surface area is 353 Å². The fraction of sp³-hybridized carbons (Fsp3) is 0.867. The van der Waals surface area contributed by atoms with Gasteiger partial charge in [-0.25, -0.2) is 0 Å². The number of hydrogen-bond donors (Lipinski definition) is 3. The highest BCUT2D eigenvalue weighted by atomic mass is 16.2. The van der Waals surface area contributed by atoms with Crippen LogP contribution in [0.1, 0.15) is 157 Å². The van der Waals surface area contributed by atoms with Crippen LogP contribution in [0.3, 0.4) is 0 Å². The largest absolute Gasteiger partial charge is 0.356 e. The van der Waals surface area contributed by atoms with Crippen molar-refractivity contribution in [3.63, 3.8) is 0 Å². The Morgan fingerprint density at radius 2 is 0.517 bits per heavy atom. The number of hydrogen-bond acceptors (Lipinski definition) is 10. The van der Waals surface area contributed by atoms with E-state index in [1.807, 2.05) is 20.8 Å². The molecule has 13 heteroatoms. The van der Waals surface area contributed by atoms with E-state index in [-0.39, 0.29) is 35.1 Å². The van der Waals surface area contributed by atoms with Gasteiger partial charge in [0.1, 0.15) is 17.3 Å². The third kappa shape index (κ3) is 33.1. The lowest BCUT2D eigenvalue weighted by Crippen LogP contribution is -2.44. The third-order valence-corrected chi connectivity index (χ3v) is 10.4. The summed E-state index contributed by atoms with van der Waals surface area (Å²) in [6.07, 6.45) is 12.4. The van der Waals surface area contributed by atoms with Gasteiger partial charge in [0.15, 0.2) is 0 Å². The molecule has 58 heavy (non-hydrogen) atoms. The summed E-state index contributed by atoms with van der Waals surface area (Å²) in [5.74, 6) is 0.801. The Kier molecular flexibility index (Phi) is 36.6. The molecule has 0 atom stereocenters. The summed E-state index contributed by atoms with van der Waals surface area (Å²) < 4.78 is 0. The van der Waals surface area contributed by atoms with Crippen LogP contribution in [0.15, 0.2) is 0 Å². The summed E-state index contributed by atoms with van der Waals surface area (Å²) in [5, 5.41) is 8.91. The van der Waals surface area contributed by atoms with Crippen LogP contribution in [0.4, 0.5) is 0 Å². The minimum atomic E-state index is 0.00368. The number of nitrogens with zero attached hydrogens (tertiary/aromatic N) is 4. The number of ketones is 3. The van der Waals surface area contributed by atoms with Crippen LogP contribution in [0.25, 0.3) is 0 Å². The lowest BCUT2D eigenvalue weighted by molar-refractivity contribution is -0.122. The van der Waals surface area contributed by atoms with Gasteiger partial charge in [-0.3, -0.25) is 28.8 Å². The van der Waals surface area contributed by atoms with Crippen molar-refractivity contribution >= 4 is 35.1 Å². The number of rotatable bonds is 42. The fourth-order valence-electron chi connectivity index (χ4n) is 6.37. The van der Waals surface area contributed by atoms with Gasteiger partial charge >= 0.3 is 0 Å². The van der Waals surface area contributed by atoms with E-state index in [0.717, 1.165) is 57.8 Å². The predicted octanol–water partition coefficient (Wildman–Crippen LogP) is 5.39. The highest BCUT2D eigenvalue weighted by Gasteiger charge is 2.18. The molecule has 0 aliphatic rings. The maximum Gasteiger partial charge on any atom is 0.221 e. The van der Waals surface area contributed by atoms with Crippen molar-refractivity contribution in [1.29, 1.82) is 0 Å². The zero-order chi connectivity index (χ0) is 43.2. The Bertz CT molecular complexity index is 975. The number of amides is 3. The molecule has 0 aromatic heterocycles. The van der Waals surface area contributed by atoms with Gasteiger partial charge in [-0.2, -0.15) is 0 Å². The molecule has 13 nitrogen and oxygen atoms in total. The Hall–Kier alpha value is -2.74. The average molecular weight is 822 g/mol. The van der Waals surface area contributed by atoms with Crippen LogP contribution in [0.2, 0.25) is 0 Å². The first-order valence-electron chi connectivity index (χ1n) is 23.3. The highest BCUT2D eigenvalue weighted by molar-refractivity contribution is 5.79. The second-order valence-electron chi connectivity index (χ2n) is 15.8. The molecule has 0 saturated heterocycles. The monoisotopic (exact) mass is 822 g/mol. The van der Waals surface area contributed by atoms with Crippen molar-refractivity contribution in [2.45, 2.75) is 157 Å². The Morgan fingerprint density at radius 3 is 0.741 bits per heavy atom. The van der Waals surface area contributed by atoms with Crippen LogP contribution in [-0.2, 0) is 28.8 Å². The second kappa shape index (κ2) is 38.5. The fourth-order valence-corrected chi connectivity index (χ4v) is 6.37. The topological polar surface area (TPSA) is 151 Å². The summed E-state index contributed by atoms with van der Waals surface area (Å²) in [6.45, 7) is 21.8. The van der Waals surface area contributed by atoms with Crippen LogP contribution in [-0.4, -0.2) is 153 Å². The molecule has 0 radical (unpaired) electrons. The van der Waals surface area contributed by atoms with E-state index in [1.165, 1.54) is 0 Å². The molecule has 0 spiro atoms. The molecule has 0 aromatic rings. The summed E-state index contributed by atoms with van der Waals surface area (Å²) in [7, 11) is 0. The first kappa shape index (κ1) is 55.3. The molecular weight excluding hydrogens is 735 g/mol. The summed E-state index contributed by atoms with van der Waals surface area (Å²) in [5.41, 5.74) is 0. The van der Waals surface area contributed by atoms with Gasteiger partial charge < -0.3 is 35.6 Å². The van der Waals surface area contributed by atoms with Crippen molar-refractivity contribution in [1.82, 2.24) is 35.6 Å². The van der Waals surface area contributed by atoms with Crippen LogP contribution in [0.5, 0.6) is 0 Å². The van der Waals surface area contributed by atoms with E-state index < -0.39 is 0 Å². The van der Waals surface area contributed by atoms with E-state index in [4.69, 9.17) is 0 Å². The third-order valence-electron chi connectivity index (χ3n) is 10.4. The van der Waals surface area contributed by atoms with E-state index in [2.05, 4.69) is 56.3 Å². The maximum absolute atomic E-state index is 12.9. The molecule has 0 aromatic carbocycles. The minimum absolute atomic E-state index is 0.00368. The first-order chi connectivity index (χ1) is 28.0. The summed E-state index contributed by atoms with van der Waals surface area (Å²) in [4.78, 5) is 85.0. The first-order valence-corrected chi connectivity index (χ1v) is 23.3. The molecule has 0 aliphatic carbocycles. The molecule has 0 heterocycles. The molecule has 0 rings (SSSR count). The van der Waals surface area contributed by atoms with Gasteiger partial charge in [0, 0.05) is 156 Å². The quantitative estimate of drug-likeness (QED) is 0.0732. The van der Waals surface area contributed by atoms with Gasteiger partial charge in [0.2, 0.25) is 17.7 Å². The predicted molar refractivity (Wildman–Crippen MR) is 237 cm³/mol. The molecular formula is C45H87N7O6. The maximum atomic E-state index is 12.9. The van der Waals surface area contributed by atoms with Crippen molar-refractivity contribution < 1.29 is 28.8 Å². The van der Waals surface area contributed by atoms with Crippen LogP contribution < -0.4 is 16.0 Å². The Balaban J connectivity index is 6.06. The van der Waals surface area contributed by atoms with Crippen molar-refractivity contribution in [3.8, 4) is 0 Å². The molecule has 0 saturated carbocycles. The second-order valence-corrected chi connectivity index (χ2v) is 15.8. The number of carbonyl (C=O) groups is 6. The normalized spacial score (nSPS) is 11.5. The molecule has 3 N–H and O–H groups in total. The van der Waals surface area contributed by atoms with Crippen molar-refractivity contribution in [2.75, 3.05) is 98.2 Å². The molecule has 3 amide bonds. The van der Waals surface area contributed by atoms with Crippen molar-refractivity contribution in [3.05, 3.63) is 0 Å².